The molecule has 8 heteroatoms. The average Bonchev–Trinajstić information content (AvgIpc) is 3.18. The summed E-state index contributed by atoms with van der Waals surface area (Å²) in [5, 5.41) is 8.54. The lowest BCUT2D eigenvalue weighted by molar-refractivity contribution is 0.195. The zero-order valence-electron chi connectivity index (χ0n) is 11.2. The number of hydrogen-bond donors (Lipinski definition) is 1. The fraction of sp³-hybridized carbons (Fsp3) is 0.308. The summed E-state index contributed by atoms with van der Waals surface area (Å²) in [6, 6.07) is 2.04. The van der Waals surface area contributed by atoms with E-state index in [0.29, 0.717) is 18.2 Å². The molecule has 1 aliphatic heterocycles. The summed E-state index contributed by atoms with van der Waals surface area (Å²) >= 11 is 0. The third-order valence-corrected chi connectivity index (χ3v) is 3.38. The molecule has 0 saturated carbocycles. The minimum atomic E-state index is 0.277. The minimum absolute atomic E-state index is 0.277. The summed E-state index contributed by atoms with van der Waals surface area (Å²) in [5.41, 5.74) is 0.678. The number of hydrogen-bond acceptors (Lipinski definition) is 7. The molecule has 0 radical (unpaired) electrons. The van der Waals surface area contributed by atoms with E-state index >= 15 is 0 Å². The molecule has 8 nitrogen and oxygen atoms in total. The maximum Gasteiger partial charge on any atom is 0.252 e. The van der Waals surface area contributed by atoms with E-state index in [1.54, 1.807) is 29.3 Å². The van der Waals surface area contributed by atoms with E-state index in [-0.39, 0.29) is 6.04 Å². The normalized spacial score (nSPS) is 18.2. The number of rotatable bonds is 3. The van der Waals surface area contributed by atoms with Crippen LogP contribution in [0.1, 0.15) is 6.42 Å². The zero-order chi connectivity index (χ0) is 14.1. The van der Waals surface area contributed by atoms with Gasteiger partial charge in [-0.25, -0.2) is 19.9 Å². The van der Waals surface area contributed by atoms with Gasteiger partial charge in [0.2, 0.25) is 0 Å². The number of anilines is 1. The zero-order valence-corrected chi connectivity index (χ0v) is 11.2. The summed E-state index contributed by atoms with van der Waals surface area (Å²) in [4.78, 5) is 17.0. The first-order valence-corrected chi connectivity index (χ1v) is 6.72. The van der Waals surface area contributed by atoms with Gasteiger partial charge in [0.25, 0.3) is 5.95 Å². The lowest BCUT2D eigenvalue weighted by atomic mass is 10.2. The molecule has 1 saturated heterocycles. The van der Waals surface area contributed by atoms with Crippen LogP contribution < -0.4 is 5.32 Å². The van der Waals surface area contributed by atoms with Crippen LogP contribution >= 0.6 is 0 Å². The van der Waals surface area contributed by atoms with Gasteiger partial charge in [-0.2, -0.15) is 9.78 Å². The summed E-state index contributed by atoms with van der Waals surface area (Å²) < 4.78 is 6.97. The van der Waals surface area contributed by atoms with Gasteiger partial charge in [-0.15, -0.1) is 0 Å². The van der Waals surface area contributed by atoms with E-state index < -0.39 is 0 Å². The Morgan fingerprint density at radius 3 is 2.90 bits per heavy atom. The molecule has 1 fully saturated rings. The molecule has 0 unspecified atom stereocenters. The smallest absolute Gasteiger partial charge is 0.252 e. The molecule has 1 aliphatic rings. The third-order valence-electron chi connectivity index (χ3n) is 3.38. The fourth-order valence-corrected chi connectivity index (χ4v) is 2.35. The minimum Gasteiger partial charge on any atom is -0.379 e. The third kappa shape index (κ3) is 2.19. The number of nitrogens with zero attached hydrogens (tertiary/aromatic N) is 6. The van der Waals surface area contributed by atoms with Gasteiger partial charge in [-0.1, -0.05) is 0 Å². The summed E-state index contributed by atoms with van der Waals surface area (Å²) in [6.07, 6.45) is 7.56. The van der Waals surface area contributed by atoms with Crippen molar-refractivity contribution in [1.82, 2.24) is 29.7 Å². The molecule has 106 valence electrons. The van der Waals surface area contributed by atoms with Crippen LogP contribution in [0.4, 0.5) is 5.82 Å². The Balaban J connectivity index is 1.75. The Bertz CT molecular complexity index is 752. The topological polar surface area (TPSA) is 90.6 Å². The van der Waals surface area contributed by atoms with Crippen molar-refractivity contribution < 1.29 is 4.74 Å². The van der Waals surface area contributed by atoms with Gasteiger partial charge in [0.1, 0.15) is 12.1 Å². The van der Waals surface area contributed by atoms with Crippen LogP contribution in [-0.2, 0) is 4.74 Å². The molecule has 1 atom stereocenters. The first-order valence-electron chi connectivity index (χ1n) is 6.72. The van der Waals surface area contributed by atoms with Crippen LogP contribution in [0.15, 0.2) is 31.0 Å². The Kier molecular flexibility index (Phi) is 2.93. The van der Waals surface area contributed by atoms with Gasteiger partial charge in [0, 0.05) is 19.0 Å². The van der Waals surface area contributed by atoms with Crippen molar-refractivity contribution in [3.8, 4) is 5.95 Å². The van der Waals surface area contributed by atoms with Gasteiger partial charge in [0.15, 0.2) is 5.65 Å². The first kappa shape index (κ1) is 12.2. The van der Waals surface area contributed by atoms with Crippen LogP contribution in [0, 0.1) is 0 Å². The molecule has 3 aromatic heterocycles. The summed E-state index contributed by atoms with van der Waals surface area (Å²) in [5.74, 6) is 1.25. The van der Waals surface area contributed by atoms with Crippen LogP contribution in [0.25, 0.3) is 17.0 Å². The SMILES string of the molecule is c1cnc(-n2ncc3c(N[C@@H]4CCOC4)ncnc32)nc1. The highest BCUT2D eigenvalue weighted by atomic mass is 16.5. The lowest BCUT2D eigenvalue weighted by Gasteiger charge is -2.11. The Morgan fingerprint density at radius 1 is 1.19 bits per heavy atom. The van der Waals surface area contributed by atoms with Crippen LogP contribution in [0.3, 0.4) is 0 Å². The van der Waals surface area contributed by atoms with Crippen molar-refractivity contribution in [1.29, 1.82) is 0 Å². The lowest BCUT2D eigenvalue weighted by Crippen LogP contribution is -2.19. The highest BCUT2D eigenvalue weighted by molar-refractivity contribution is 5.86. The quantitative estimate of drug-likeness (QED) is 0.760. The molecule has 4 rings (SSSR count). The Hall–Kier alpha value is -2.61. The van der Waals surface area contributed by atoms with Crippen LogP contribution in [0.5, 0.6) is 0 Å². The van der Waals surface area contributed by atoms with E-state index in [0.717, 1.165) is 24.2 Å². The molecule has 0 aromatic carbocycles. The highest BCUT2D eigenvalue weighted by Gasteiger charge is 2.18. The van der Waals surface area contributed by atoms with Gasteiger partial charge in [-0.3, -0.25) is 0 Å². The molecule has 0 bridgehead atoms. The Morgan fingerprint density at radius 2 is 2.10 bits per heavy atom. The van der Waals surface area contributed by atoms with Crippen molar-refractivity contribution >= 4 is 16.9 Å². The van der Waals surface area contributed by atoms with E-state index in [1.807, 2.05) is 0 Å². The standard InChI is InChI=1S/C13H13N7O/c1-3-14-13(15-4-1)20-12-10(6-18-20)11(16-8-17-12)19-9-2-5-21-7-9/h1,3-4,6,8-9H,2,5,7H2,(H,16,17,19)/t9-/m1/s1. The van der Waals surface area contributed by atoms with E-state index in [2.05, 4.69) is 30.4 Å². The average molecular weight is 283 g/mol. The van der Waals surface area contributed by atoms with Crippen molar-refractivity contribution in [3.05, 3.63) is 31.0 Å². The second-order valence-corrected chi connectivity index (χ2v) is 4.77. The molecular formula is C13H13N7O. The Labute approximate surface area is 120 Å². The summed E-state index contributed by atoms with van der Waals surface area (Å²) in [6.45, 7) is 1.48. The number of nitrogens with one attached hydrogen (secondary N) is 1. The van der Waals surface area contributed by atoms with Crippen molar-refractivity contribution in [3.63, 3.8) is 0 Å². The predicted molar refractivity (Wildman–Crippen MR) is 75.1 cm³/mol. The molecule has 3 aromatic rings. The van der Waals surface area contributed by atoms with Gasteiger partial charge in [0.05, 0.1) is 24.2 Å². The fourth-order valence-electron chi connectivity index (χ4n) is 2.35. The number of aromatic nitrogens is 6. The van der Waals surface area contributed by atoms with Gasteiger partial charge >= 0.3 is 0 Å². The highest BCUT2D eigenvalue weighted by Crippen LogP contribution is 2.22. The van der Waals surface area contributed by atoms with Crippen molar-refractivity contribution in [2.24, 2.45) is 0 Å². The second kappa shape index (κ2) is 5.06. The molecule has 0 amide bonds. The molecule has 21 heavy (non-hydrogen) atoms. The van der Waals surface area contributed by atoms with Gasteiger partial charge < -0.3 is 10.1 Å². The number of fused-ring (bicyclic) bond motifs is 1. The molecule has 0 spiro atoms. The number of ether oxygens (including phenoxy) is 1. The largest absolute Gasteiger partial charge is 0.379 e. The monoisotopic (exact) mass is 283 g/mol. The summed E-state index contributed by atoms with van der Waals surface area (Å²) in [7, 11) is 0. The van der Waals surface area contributed by atoms with Crippen LogP contribution in [0.2, 0.25) is 0 Å². The maximum absolute atomic E-state index is 5.37. The first-order chi connectivity index (χ1) is 10.4. The van der Waals surface area contributed by atoms with Crippen LogP contribution in [-0.4, -0.2) is 49.0 Å². The van der Waals surface area contributed by atoms with E-state index in [1.165, 1.54) is 6.33 Å². The van der Waals surface area contributed by atoms with E-state index in [9.17, 15) is 0 Å². The van der Waals surface area contributed by atoms with Crippen molar-refractivity contribution in [2.75, 3.05) is 18.5 Å². The maximum atomic E-state index is 5.37. The predicted octanol–water partition coefficient (Wildman–Crippen LogP) is 0.806. The molecular weight excluding hydrogens is 270 g/mol. The van der Waals surface area contributed by atoms with Crippen molar-refractivity contribution in [2.45, 2.75) is 12.5 Å². The molecule has 0 aliphatic carbocycles. The second-order valence-electron chi connectivity index (χ2n) is 4.77. The molecule has 1 N–H and O–H groups in total. The molecule has 4 heterocycles. The van der Waals surface area contributed by atoms with E-state index in [4.69, 9.17) is 4.74 Å². The van der Waals surface area contributed by atoms with Gasteiger partial charge in [-0.05, 0) is 12.5 Å².